The number of unbranched alkanes of at least 4 members (excludes halogenated alkanes) is 1. The van der Waals surface area contributed by atoms with Crippen LogP contribution in [0.5, 0.6) is 0 Å². The molecular weight excluding hydrogens is 464 g/mol. The van der Waals surface area contributed by atoms with Crippen molar-refractivity contribution in [3.63, 3.8) is 0 Å². The maximum atomic E-state index is 10.6. The summed E-state index contributed by atoms with van der Waals surface area (Å²) < 4.78 is 0. The van der Waals surface area contributed by atoms with Crippen LogP contribution in [-0.4, -0.2) is 36.7 Å². The van der Waals surface area contributed by atoms with E-state index in [4.69, 9.17) is 14.8 Å². The van der Waals surface area contributed by atoms with Gasteiger partial charge in [-0.3, -0.25) is 0 Å². The Morgan fingerprint density at radius 2 is 1.35 bits per heavy atom. The number of benzene rings is 5. The first-order valence-corrected chi connectivity index (χ1v) is 12.2. The van der Waals surface area contributed by atoms with Crippen molar-refractivity contribution in [2.24, 2.45) is 10.3 Å². The summed E-state index contributed by atoms with van der Waals surface area (Å²) in [6.07, 6.45) is 7.60. The molecule has 0 atom stereocenters. The zero-order valence-electron chi connectivity index (χ0n) is 20.2. The Balaban J connectivity index is 1.08. The molecule has 0 fully saturated rings. The molecule has 0 aromatic heterocycles. The molecule has 6 nitrogen and oxygen atoms in total. The topological polar surface area (TPSA) is 80.5 Å². The number of hydrogen-bond donors (Lipinski definition) is 1. The summed E-state index contributed by atoms with van der Waals surface area (Å²) in [6, 6.07) is 26.7. The summed E-state index contributed by atoms with van der Waals surface area (Å²) in [5, 5.41) is 24.3. The number of aliphatic carboxylic acids is 1. The number of hydrogen-bond acceptors (Lipinski definition) is 5. The maximum Gasteiger partial charge on any atom is 0.328 e. The molecule has 0 bridgehead atoms. The van der Waals surface area contributed by atoms with Crippen molar-refractivity contribution >= 4 is 56.8 Å². The number of carboxylic acid groups (broad SMARTS) is 1. The van der Waals surface area contributed by atoms with Gasteiger partial charge in [0.1, 0.15) is 13.2 Å². The van der Waals surface area contributed by atoms with Crippen molar-refractivity contribution in [3.05, 3.63) is 102 Å². The van der Waals surface area contributed by atoms with Crippen molar-refractivity contribution in [1.29, 1.82) is 0 Å². The van der Waals surface area contributed by atoms with Gasteiger partial charge in [0.05, 0.1) is 12.4 Å². The fourth-order valence-corrected chi connectivity index (χ4v) is 4.41. The lowest BCUT2D eigenvalue weighted by molar-refractivity contribution is -0.131. The molecule has 0 aliphatic heterocycles. The number of oxime groups is 2. The first-order chi connectivity index (χ1) is 18.2. The molecule has 0 aliphatic rings. The third-order valence-electron chi connectivity index (χ3n) is 6.16. The average Bonchev–Trinajstić information content (AvgIpc) is 2.92. The van der Waals surface area contributed by atoms with Gasteiger partial charge in [-0.25, -0.2) is 4.79 Å². The Morgan fingerprint density at radius 1 is 0.730 bits per heavy atom. The van der Waals surface area contributed by atoms with Crippen molar-refractivity contribution in [3.8, 4) is 0 Å². The minimum Gasteiger partial charge on any atom is -0.478 e. The normalized spacial score (nSPS) is 12.1. The molecule has 184 valence electrons. The summed E-state index contributed by atoms with van der Waals surface area (Å²) in [6.45, 7) is 0.963. The molecule has 5 aromatic rings. The van der Waals surface area contributed by atoms with Gasteiger partial charge in [0.25, 0.3) is 0 Å². The highest BCUT2D eigenvalue weighted by Gasteiger charge is 2.09. The fourth-order valence-electron chi connectivity index (χ4n) is 4.41. The van der Waals surface area contributed by atoms with Gasteiger partial charge >= 0.3 is 5.97 Å². The highest BCUT2D eigenvalue weighted by Crippen LogP contribution is 2.35. The molecule has 0 heterocycles. The van der Waals surface area contributed by atoms with Crippen LogP contribution in [0.3, 0.4) is 0 Å². The zero-order valence-corrected chi connectivity index (χ0v) is 20.2. The third kappa shape index (κ3) is 5.76. The molecular formula is C31H26N2O4. The van der Waals surface area contributed by atoms with E-state index >= 15 is 0 Å². The van der Waals surface area contributed by atoms with E-state index in [0.29, 0.717) is 13.2 Å². The molecule has 0 saturated heterocycles. The number of carboxylic acids is 1. The van der Waals surface area contributed by atoms with Crippen molar-refractivity contribution in [1.82, 2.24) is 0 Å². The van der Waals surface area contributed by atoms with Crippen molar-refractivity contribution < 1.29 is 19.6 Å². The van der Waals surface area contributed by atoms with Gasteiger partial charge in [0, 0.05) is 11.6 Å². The van der Waals surface area contributed by atoms with Crippen molar-refractivity contribution in [2.75, 3.05) is 13.2 Å². The average molecular weight is 491 g/mol. The summed E-state index contributed by atoms with van der Waals surface area (Å²) in [7, 11) is 0. The van der Waals surface area contributed by atoms with Crippen LogP contribution in [0.4, 0.5) is 0 Å². The Morgan fingerprint density at radius 3 is 2.11 bits per heavy atom. The highest BCUT2D eigenvalue weighted by atomic mass is 16.6. The van der Waals surface area contributed by atoms with Crippen LogP contribution in [0.15, 0.2) is 95.3 Å². The van der Waals surface area contributed by atoms with Gasteiger partial charge in [-0.1, -0.05) is 83.1 Å². The molecule has 0 spiro atoms. The predicted molar refractivity (Wildman–Crippen MR) is 150 cm³/mol. The number of nitrogens with zero attached hydrogens (tertiary/aromatic N) is 2. The standard InChI is InChI=1S/C31H26N2O4/c34-29(35)16-9-22-5-3-6-23(19-22)20-32-36-17-1-2-18-37-33-21-27-13-12-26-11-10-24-7-4-8-25-14-15-28(27)31(26)30(24)25/h3-16,19-21H,1-2,17-18H2,(H,34,35)/b16-9-,32-20+,33-21+. The Labute approximate surface area is 214 Å². The van der Waals surface area contributed by atoms with E-state index in [1.54, 1.807) is 12.4 Å². The lowest BCUT2D eigenvalue weighted by Crippen LogP contribution is -1.95. The zero-order chi connectivity index (χ0) is 25.5. The molecule has 0 radical (unpaired) electrons. The van der Waals surface area contributed by atoms with Crippen LogP contribution in [0.1, 0.15) is 29.5 Å². The first kappa shape index (κ1) is 24.0. The predicted octanol–water partition coefficient (Wildman–Crippen LogP) is 6.86. The maximum absolute atomic E-state index is 10.6. The highest BCUT2D eigenvalue weighted by molar-refractivity contribution is 6.25. The minimum atomic E-state index is -0.982. The van der Waals surface area contributed by atoms with Gasteiger partial charge in [-0.15, -0.1) is 0 Å². The van der Waals surface area contributed by atoms with E-state index in [2.05, 4.69) is 64.9 Å². The summed E-state index contributed by atoms with van der Waals surface area (Å²) in [5.74, 6) is -0.982. The lowest BCUT2D eigenvalue weighted by atomic mass is 9.92. The minimum absolute atomic E-state index is 0.469. The van der Waals surface area contributed by atoms with E-state index in [0.717, 1.165) is 35.6 Å². The Kier molecular flexibility index (Phi) is 7.36. The second kappa shape index (κ2) is 11.4. The van der Waals surface area contributed by atoms with E-state index in [1.165, 1.54) is 38.4 Å². The van der Waals surface area contributed by atoms with Crippen molar-refractivity contribution in [2.45, 2.75) is 12.8 Å². The molecule has 5 rings (SSSR count). The van der Waals surface area contributed by atoms with Gasteiger partial charge in [-0.2, -0.15) is 0 Å². The van der Waals surface area contributed by atoms with E-state index in [9.17, 15) is 4.79 Å². The van der Waals surface area contributed by atoms with Crippen LogP contribution >= 0.6 is 0 Å². The van der Waals surface area contributed by atoms with Gasteiger partial charge in [-0.05, 0) is 68.4 Å². The van der Waals surface area contributed by atoms with E-state index in [1.807, 2.05) is 24.3 Å². The SMILES string of the molecule is O=C(O)/C=C\c1cccc(/C=N/OCCCCO/N=C/c2ccc3ccc4cccc5ccc2c3c45)c1. The third-order valence-corrected chi connectivity index (χ3v) is 6.16. The Hall–Kier alpha value is -4.71. The van der Waals surface area contributed by atoms with Gasteiger partial charge in [0.2, 0.25) is 0 Å². The quantitative estimate of drug-likeness (QED) is 0.0721. The molecule has 6 heteroatoms. The van der Waals surface area contributed by atoms with Crippen LogP contribution in [0.25, 0.3) is 38.4 Å². The molecule has 0 amide bonds. The smallest absolute Gasteiger partial charge is 0.328 e. The summed E-state index contributed by atoms with van der Waals surface area (Å²) in [4.78, 5) is 21.4. The fraction of sp³-hybridized carbons (Fsp3) is 0.129. The van der Waals surface area contributed by atoms with E-state index < -0.39 is 5.97 Å². The number of carbonyl (C=O) groups is 1. The molecule has 1 N–H and O–H groups in total. The van der Waals surface area contributed by atoms with Gasteiger partial charge in [0.15, 0.2) is 0 Å². The van der Waals surface area contributed by atoms with E-state index in [-0.39, 0.29) is 0 Å². The molecule has 0 aliphatic carbocycles. The lowest BCUT2D eigenvalue weighted by Gasteiger charge is -2.12. The number of rotatable bonds is 11. The van der Waals surface area contributed by atoms with Crippen LogP contribution in [0.2, 0.25) is 0 Å². The summed E-state index contributed by atoms with van der Waals surface area (Å²) >= 11 is 0. The molecule has 0 saturated carbocycles. The first-order valence-electron chi connectivity index (χ1n) is 12.2. The van der Waals surface area contributed by atoms with Crippen LogP contribution in [-0.2, 0) is 14.5 Å². The molecule has 0 unspecified atom stereocenters. The van der Waals surface area contributed by atoms with Crippen LogP contribution in [0, 0.1) is 0 Å². The largest absolute Gasteiger partial charge is 0.478 e. The van der Waals surface area contributed by atoms with Gasteiger partial charge < -0.3 is 14.8 Å². The molecule has 37 heavy (non-hydrogen) atoms. The second-order valence-electron chi connectivity index (χ2n) is 8.70. The summed E-state index contributed by atoms with van der Waals surface area (Å²) in [5.41, 5.74) is 2.65. The second-order valence-corrected chi connectivity index (χ2v) is 8.70. The van der Waals surface area contributed by atoms with Crippen LogP contribution < -0.4 is 0 Å². The Bertz CT molecular complexity index is 1600. The molecule has 5 aromatic carbocycles. The monoisotopic (exact) mass is 490 g/mol.